The minimum atomic E-state index is 0. The maximum absolute atomic E-state index is 7.00. The molecule has 0 atom stereocenters. The molecule has 0 aromatic carbocycles. The highest BCUT2D eigenvalue weighted by Gasteiger charge is 2.22. The highest BCUT2D eigenvalue weighted by molar-refractivity contribution is 4.66. The predicted molar refractivity (Wildman–Crippen MR) is 68.9 cm³/mol. The van der Waals surface area contributed by atoms with E-state index in [4.69, 9.17) is 5.11 Å². The van der Waals surface area contributed by atoms with Gasteiger partial charge in [-0.2, -0.15) is 0 Å². The zero-order valence-corrected chi connectivity index (χ0v) is 12.3. The lowest BCUT2D eigenvalue weighted by molar-refractivity contribution is -0.923. The fraction of sp³-hybridized carbons (Fsp3) is 0.846. The Morgan fingerprint density at radius 2 is 1.25 bits per heavy atom. The number of hydrogen-bond acceptors (Lipinski definition) is 1. The third-order valence-corrected chi connectivity index (χ3v) is 2.61. The minimum Gasteiger partial charge on any atom is -1.00 e. The molecule has 0 heterocycles. The normalized spacial score (nSPS) is 9.81. The Balaban J connectivity index is -0.000000529. The van der Waals surface area contributed by atoms with E-state index in [0.29, 0.717) is 0 Å². The second-order valence-electron chi connectivity index (χ2n) is 3.98. The average Bonchev–Trinajstić information content (AvgIpc) is 2.22. The van der Waals surface area contributed by atoms with E-state index in [-0.39, 0.29) is 12.4 Å². The first-order chi connectivity index (χ1) is 7.24. The van der Waals surface area contributed by atoms with Crippen LogP contribution in [-0.2, 0) is 0 Å². The van der Waals surface area contributed by atoms with E-state index in [1.165, 1.54) is 43.4 Å². The van der Waals surface area contributed by atoms with Gasteiger partial charge in [0.25, 0.3) is 0 Å². The number of halogens is 1. The Labute approximate surface area is 108 Å². The quantitative estimate of drug-likeness (QED) is 0.469. The number of rotatable bonds is 8. The molecular weight excluding hydrogens is 222 g/mol. The summed E-state index contributed by atoms with van der Waals surface area (Å²) in [5, 5.41) is 7.00. The van der Waals surface area contributed by atoms with Crippen LogP contribution in [0.4, 0.5) is 0 Å². The fourth-order valence-electron chi connectivity index (χ4n) is 2.31. The summed E-state index contributed by atoms with van der Waals surface area (Å²) in [6, 6.07) is 0. The van der Waals surface area contributed by atoms with Crippen LogP contribution >= 0.6 is 0 Å². The summed E-state index contributed by atoms with van der Waals surface area (Å²) in [6.45, 7) is 15.8. The zero-order chi connectivity index (χ0) is 12.2. The van der Waals surface area contributed by atoms with Gasteiger partial charge in [0.15, 0.2) is 0 Å². The Hall–Kier alpha value is -0.0500. The first-order valence-corrected chi connectivity index (χ1v) is 6.15. The van der Waals surface area contributed by atoms with E-state index in [1.54, 1.807) is 0 Å². The van der Waals surface area contributed by atoms with Crippen molar-refractivity contribution in [3.8, 4) is 0 Å². The molecule has 0 radical (unpaired) electrons. The molecule has 0 fully saturated rings. The number of aliphatic hydroxyl groups is 1. The molecule has 0 aromatic rings. The van der Waals surface area contributed by atoms with E-state index in [9.17, 15) is 0 Å². The van der Waals surface area contributed by atoms with Crippen molar-refractivity contribution in [2.24, 2.45) is 0 Å². The van der Waals surface area contributed by atoms with Gasteiger partial charge in [0, 0.05) is 7.11 Å². The molecule has 16 heavy (non-hydrogen) atoms. The molecule has 0 aliphatic rings. The molecule has 0 saturated carbocycles. The molecule has 0 amide bonds. The van der Waals surface area contributed by atoms with Gasteiger partial charge in [-0.15, -0.1) is 0 Å². The maximum Gasteiger partial charge on any atom is 0.0971 e. The van der Waals surface area contributed by atoms with Gasteiger partial charge >= 0.3 is 0 Å². The van der Waals surface area contributed by atoms with E-state index < -0.39 is 0 Å². The lowest BCUT2D eigenvalue weighted by Gasteiger charge is -2.37. The molecule has 0 aliphatic heterocycles. The maximum atomic E-state index is 7.00. The predicted octanol–water partition coefficient (Wildman–Crippen LogP) is -0.168. The third kappa shape index (κ3) is 9.20. The molecular formula is C13H30ClNO. The van der Waals surface area contributed by atoms with E-state index in [2.05, 4.69) is 33.4 Å². The van der Waals surface area contributed by atoms with Crippen molar-refractivity contribution < 1.29 is 22.0 Å². The van der Waals surface area contributed by atoms with Crippen LogP contribution < -0.4 is 12.4 Å². The lowest BCUT2D eigenvalue weighted by atomic mass is 10.2. The Morgan fingerprint density at radius 3 is 1.44 bits per heavy atom. The van der Waals surface area contributed by atoms with Crippen molar-refractivity contribution in [2.45, 2.75) is 40.0 Å². The van der Waals surface area contributed by atoms with Crippen LogP contribution in [0.25, 0.3) is 0 Å². The smallest absolute Gasteiger partial charge is 0.0971 e. The molecule has 1 N–H and O–H groups in total. The zero-order valence-electron chi connectivity index (χ0n) is 11.5. The summed E-state index contributed by atoms with van der Waals surface area (Å²) in [5.74, 6) is 0. The van der Waals surface area contributed by atoms with E-state index in [0.717, 1.165) is 13.7 Å². The largest absolute Gasteiger partial charge is 1.00 e. The van der Waals surface area contributed by atoms with Crippen LogP contribution in [0.3, 0.4) is 0 Å². The lowest BCUT2D eigenvalue weighted by Crippen LogP contribution is -3.00. The summed E-state index contributed by atoms with van der Waals surface area (Å²) in [7, 11) is 1.00. The highest BCUT2D eigenvalue weighted by atomic mass is 35.5. The molecule has 2 nitrogen and oxygen atoms in total. The van der Waals surface area contributed by atoms with Gasteiger partial charge in [-0.1, -0.05) is 27.4 Å². The molecule has 0 saturated heterocycles. The summed E-state index contributed by atoms with van der Waals surface area (Å²) >= 11 is 0. The van der Waals surface area contributed by atoms with Crippen LogP contribution in [0.2, 0.25) is 0 Å². The van der Waals surface area contributed by atoms with Crippen LogP contribution in [0, 0.1) is 0 Å². The van der Waals surface area contributed by atoms with Crippen LogP contribution in [-0.4, -0.2) is 42.9 Å². The number of hydrogen-bond donors (Lipinski definition) is 1. The topological polar surface area (TPSA) is 20.2 Å². The second kappa shape index (κ2) is 14.9. The van der Waals surface area contributed by atoms with E-state index in [1.807, 2.05) is 0 Å². The van der Waals surface area contributed by atoms with Gasteiger partial charge in [-0.05, 0) is 25.3 Å². The standard InChI is InChI=1S/C12H26N.CH4O.ClH/c1-5-9-13(10-6-2,11-7-3)12-8-4;1-2;/h5H,1,6-12H2,2-4H3;2H,1H3;1H/q+1;;/p-1. The molecule has 0 unspecified atom stereocenters. The van der Waals surface area contributed by atoms with Crippen molar-refractivity contribution in [3.63, 3.8) is 0 Å². The summed E-state index contributed by atoms with van der Waals surface area (Å²) in [6.07, 6.45) is 5.94. The van der Waals surface area contributed by atoms with Gasteiger partial charge in [-0.3, -0.25) is 0 Å². The number of aliphatic hydroxyl groups excluding tert-OH is 1. The summed E-state index contributed by atoms with van der Waals surface area (Å²) in [5.41, 5.74) is 0. The third-order valence-electron chi connectivity index (χ3n) is 2.61. The van der Waals surface area contributed by atoms with Gasteiger partial charge in [0.1, 0.15) is 0 Å². The number of quaternary nitrogens is 1. The highest BCUT2D eigenvalue weighted by Crippen LogP contribution is 2.11. The second-order valence-corrected chi connectivity index (χ2v) is 3.98. The fourth-order valence-corrected chi connectivity index (χ4v) is 2.31. The van der Waals surface area contributed by atoms with Crippen molar-refractivity contribution in [2.75, 3.05) is 33.3 Å². The first-order valence-electron chi connectivity index (χ1n) is 6.15. The summed E-state index contributed by atoms with van der Waals surface area (Å²) in [4.78, 5) is 0. The molecule has 0 aliphatic carbocycles. The van der Waals surface area contributed by atoms with Crippen LogP contribution in [0.15, 0.2) is 12.7 Å². The summed E-state index contributed by atoms with van der Waals surface area (Å²) < 4.78 is 1.26. The van der Waals surface area contributed by atoms with Crippen molar-refractivity contribution in [1.82, 2.24) is 0 Å². The van der Waals surface area contributed by atoms with Crippen molar-refractivity contribution >= 4 is 0 Å². The number of nitrogens with zero attached hydrogens (tertiary/aromatic N) is 1. The van der Waals surface area contributed by atoms with Gasteiger partial charge in [0.2, 0.25) is 0 Å². The Morgan fingerprint density at radius 1 is 0.938 bits per heavy atom. The molecule has 0 bridgehead atoms. The van der Waals surface area contributed by atoms with Gasteiger partial charge in [0.05, 0.1) is 26.2 Å². The minimum absolute atomic E-state index is 0. The van der Waals surface area contributed by atoms with Crippen molar-refractivity contribution in [3.05, 3.63) is 12.7 Å². The van der Waals surface area contributed by atoms with E-state index >= 15 is 0 Å². The van der Waals surface area contributed by atoms with Crippen LogP contribution in [0.1, 0.15) is 40.0 Å². The first kappa shape index (κ1) is 21.3. The van der Waals surface area contributed by atoms with Gasteiger partial charge in [-0.25, -0.2) is 0 Å². The monoisotopic (exact) mass is 251 g/mol. The molecule has 0 aromatic heterocycles. The molecule has 100 valence electrons. The average molecular weight is 252 g/mol. The molecule has 3 heteroatoms. The van der Waals surface area contributed by atoms with Gasteiger partial charge < -0.3 is 22.0 Å². The Bertz CT molecular complexity index is 123. The molecule has 0 spiro atoms. The van der Waals surface area contributed by atoms with Crippen molar-refractivity contribution in [1.29, 1.82) is 0 Å². The SMILES string of the molecule is C=CC[N+](CCC)(CCC)CCC.CO.[Cl-]. The van der Waals surface area contributed by atoms with Crippen LogP contribution in [0.5, 0.6) is 0 Å². The Kier molecular flexibility index (Phi) is 19.9. The molecule has 0 rings (SSSR count).